The highest BCUT2D eigenvalue weighted by molar-refractivity contribution is 9.09. The molecule has 1 N–H and O–H groups in total. The number of nitrogens with one attached hydrogen (secondary N) is 1. The summed E-state index contributed by atoms with van der Waals surface area (Å²) in [5.74, 6) is -0.848. The van der Waals surface area contributed by atoms with Gasteiger partial charge in [-0.15, -0.1) is 0 Å². The first-order valence-corrected chi connectivity index (χ1v) is 6.45. The topological polar surface area (TPSA) is 81.7 Å². The summed E-state index contributed by atoms with van der Waals surface area (Å²) in [6.07, 6.45) is -0.731. The first-order chi connectivity index (χ1) is 9.06. The van der Waals surface area contributed by atoms with E-state index in [0.29, 0.717) is 5.33 Å². The van der Waals surface area contributed by atoms with Crippen LogP contribution in [0.15, 0.2) is 24.3 Å². The Morgan fingerprint density at radius 2 is 2.05 bits per heavy atom. The van der Waals surface area contributed by atoms with Crippen LogP contribution in [0.3, 0.4) is 0 Å². The molecule has 0 saturated heterocycles. The molecule has 0 aliphatic heterocycles. The highest BCUT2D eigenvalue weighted by Crippen LogP contribution is 2.14. The lowest BCUT2D eigenvalue weighted by atomic mass is 10.2. The summed E-state index contributed by atoms with van der Waals surface area (Å²) < 4.78 is 9.41. The van der Waals surface area contributed by atoms with Crippen molar-refractivity contribution in [1.82, 2.24) is 5.32 Å². The first-order valence-electron chi connectivity index (χ1n) is 5.33. The van der Waals surface area contributed by atoms with Crippen LogP contribution in [0, 0.1) is 0 Å². The maximum atomic E-state index is 11.4. The molecule has 0 bridgehead atoms. The minimum atomic E-state index is -0.895. The van der Waals surface area contributed by atoms with Gasteiger partial charge in [0.2, 0.25) is 5.91 Å². The van der Waals surface area contributed by atoms with Crippen molar-refractivity contribution in [2.45, 2.75) is 6.42 Å². The molecule has 6 nitrogen and oxygen atoms in total. The molecule has 7 heteroatoms. The maximum Gasteiger partial charge on any atom is 0.419 e. The number of imide groups is 1. The van der Waals surface area contributed by atoms with E-state index in [-0.39, 0.29) is 17.7 Å². The number of rotatable bonds is 4. The number of esters is 1. The lowest BCUT2D eigenvalue weighted by molar-refractivity contribution is -0.119. The van der Waals surface area contributed by atoms with Gasteiger partial charge in [0.15, 0.2) is 0 Å². The molecular formula is C12H12BrNO5. The van der Waals surface area contributed by atoms with Crippen LogP contribution in [0.4, 0.5) is 4.79 Å². The number of amides is 2. The number of ether oxygens (including phenoxy) is 2. The standard InChI is InChI=1S/C12H12BrNO5/c1-18-11(16)8-3-2-4-9(7-8)19-12(17)14-10(15)5-6-13/h2-4,7H,5-6H2,1H3,(H,14,15,17). The molecule has 0 heterocycles. The Morgan fingerprint density at radius 1 is 1.32 bits per heavy atom. The van der Waals surface area contributed by atoms with Gasteiger partial charge in [0, 0.05) is 11.8 Å². The molecule has 1 aromatic carbocycles. The second kappa shape index (κ2) is 7.52. The van der Waals surface area contributed by atoms with Crippen molar-refractivity contribution in [1.29, 1.82) is 0 Å². The summed E-state index contributed by atoms with van der Waals surface area (Å²) in [5.41, 5.74) is 0.250. The summed E-state index contributed by atoms with van der Waals surface area (Å²) in [7, 11) is 1.25. The Kier molecular flexibility index (Phi) is 6.01. The van der Waals surface area contributed by atoms with Gasteiger partial charge >= 0.3 is 12.1 Å². The van der Waals surface area contributed by atoms with Crippen LogP contribution in [0.2, 0.25) is 0 Å². The third-order valence-electron chi connectivity index (χ3n) is 2.03. The number of halogens is 1. The molecule has 19 heavy (non-hydrogen) atoms. The summed E-state index contributed by atoms with van der Waals surface area (Å²) >= 11 is 3.08. The van der Waals surface area contributed by atoms with E-state index in [0.717, 1.165) is 0 Å². The molecule has 0 fully saturated rings. The average Bonchev–Trinajstić information content (AvgIpc) is 2.38. The van der Waals surface area contributed by atoms with Gasteiger partial charge in [-0.2, -0.15) is 0 Å². The van der Waals surface area contributed by atoms with Crippen molar-refractivity contribution in [3.63, 3.8) is 0 Å². The molecule has 0 aliphatic carbocycles. The van der Waals surface area contributed by atoms with E-state index in [4.69, 9.17) is 4.74 Å². The molecule has 0 unspecified atom stereocenters. The molecule has 2 amide bonds. The number of alkyl halides is 1. The van der Waals surface area contributed by atoms with Crippen molar-refractivity contribution in [3.8, 4) is 5.75 Å². The molecular weight excluding hydrogens is 318 g/mol. The van der Waals surface area contributed by atoms with Crippen LogP contribution < -0.4 is 10.1 Å². The third-order valence-corrected chi connectivity index (χ3v) is 2.43. The SMILES string of the molecule is COC(=O)c1cccc(OC(=O)NC(=O)CCBr)c1. The van der Waals surface area contributed by atoms with Gasteiger partial charge in [0.25, 0.3) is 0 Å². The van der Waals surface area contributed by atoms with Gasteiger partial charge in [-0.1, -0.05) is 22.0 Å². The van der Waals surface area contributed by atoms with Gasteiger partial charge in [0.1, 0.15) is 5.75 Å². The number of methoxy groups -OCH3 is 1. The molecule has 0 aromatic heterocycles. The van der Waals surface area contributed by atoms with Crippen molar-refractivity contribution in [2.75, 3.05) is 12.4 Å². The molecule has 102 valence electrons. The van der Waals surface area contributed by atoms with Gasteiger partial charge in [-0.05, 0) is 18.2 Å². The van der Waals surface area contributed by atoms with E-state index >= 15 is 0 Å². The van der Waals surface area contributed by atoms with Gasteiger partial charge in [-0.3, -0.25) is 10.1 Å². The quantitative estimate of drug-likeness (QED) is 0.673. The number of carbonyl (C=O) groups excluding carboxylic acids is 3. The molecule has 0 saturated carbocycles. The van der Waals surface area contributed by atoms with E-state index in [1.807, 2.05) is 5.32 Å². The molecule has 0 spiro atoms. The minimum absolute atomic E-state index is 0.145. The monoisotopic (exact) mass is 329 g/mol. The fourth-order valence-electron chi connectivity index (χ4n) is 1.20. The van der Waals surface area contributed by atoms with E-state index in [2.05, 4.69) is 20.7 Å². The maximum absolute atomic E-state index is 11.4. The zero-order valence-electron chi connectivity index (χ0n) is 10.1. The number of carbonyl (C=O) groups is 3. The van der Waals surface area contributed by atoms with Gasteiger partial charge < -0.3 is 9.47 Å². The van der Waals surface area contributed by atoms with Crippen LogP contribution >= 0.6 is 15.9 Å². The summed E-state index contributed by atoms with van der Waals surface area (Å²) in [5, 5.41) is 2.49. The zero-order chi connectivity index (χ0) is 14.3. The normalized spacial score (nSPS) is 9.58. The van der Waals surface area contributed by atoms with Crippen LogP contribution in [0.5, 0.6) is 5.75 Å². The van der Waals surface area contributed by atoms with Crippen LogP contribution in [-0.4, -0.2) is 30.4 Å². The Bertz CT molecular complexity index is 489. The molecule has 1 rings (SSSR count). The lowest BCUT2D eigenvalue weighted by Crippen LogP contribution is -2.33. The lowest BCUT2D eigenvalue weighted by Gasteiger charge is -2.06. The van der Waals surface area contributed by atoms with Gasteiger partial charge in [0.05, 0.1) is 12.7 Å². The van der Waals surface area contributed by atoms with E-state index < -0.39 is 18.0 Å². The Balaban J connectivity index is 2.64. The van der Waals surface area contributed by atoms with Crippen molar-refractivity contribution in [2.24, 2.45) is 0 Å². The average molecular weight is 330 g/mol. The zero-order valence-corrected chi connectivity index (χ0v) is 11.7. The molecule has 0 radical (unpaired) electrons. The van der Waals surface area contributed by atoms with Crippen molar-refractivity contribution in [3.05, 3.63) is 29.8 Å². The Morgan fingerprint density at radius 3 is 2.68 bits per heavy atom. The number of benzene rings is 1. The Hall–Kier alpha value is -1.89. The highest BCUT2D eigenvalue weighted by atomic mass is 79.9. The molecule has 0 aliphatic rings. The smallest absolute Gasteiger partial charge is 0.419 e. The second-order valence-electron chi connectivity index (χ2n) is 3.40. The van der Waals surface area contributed by atoms with Crippen LogP contribution in [-0.2, 0) is 9.53 Å². The van der Waals surface area contributed by atoms with Crippen molar-refractivity contribution < 1.29 is 23.9 Å². The Labute approximate surface area is 118 Å². The largest absolute Gasteiger partial charge is 0.465 e. The predicted molar refractivity (Wildman–Crippen MR) is 70.4 cm³/mol. The van der Waals surface area contributed by atoms with E-state index in [1.54, 1.807) is 0 Å². The third kappa shape index (κ3) is 5.09. The first kappa shape index (κ1) is 15.2. The number of hydrogen-bond acceptors (Lipinski definition) is 5. The van der Waals surface area contributed by atoms with Crippen LogP contribution in [0.25, 0.3) is 0 Å². The van der Waals surface area contributed by atoms with Gasteiger partial charge in [-0.25, -0.2) is 9.59 Å². The highest BCUT2D eigenvalue weighted by Gasteiger charge is 2.11. The summed E-state index contributed by atoms with van der Waals surface area (Å²) in [6, 6.07) is 5.89. The summed E-state index contributed by atoms with van der Waals surface area (Å²) in [4.78, 5) is 33.8. The minimum Gasteiger partial charge on any atom is -0.465 e. The fraction of sp³-hybridized carbons (Fsp3) is 0.250. The van der Waals surface area contributed by atoms with Crippen molar-refractivity contribution >= 4 is 33.9 Å². The second-order valence-corrected chi connectivity index (χ2v) is 4.19. The van der Waals surface area contributed by atoms with Crippen LogP contribution in [0.1, 0.15) is 16.8 Å². The molecule has 1 aromatic rings. The predicted octanol–water partition coefficient (Wildman–Crippen LogP) is 1.87. The fourth-order valence-corrected chi connectivity index (χ4v) is 1.56. The van der Waals surface area contributed by atoms with E-state index in [9.17, 15) is 14.4 Å². The number of hydrogen-bond donors (Lipinski definition) is 1. The van der Waals surface area contributed by atoms with E-state index in [1.165, 1.54) is 31.4 Å². The molecule has 0 atom stereocenters. The summed E-state index contributed by atoms with van der Waals surface area (Å²) in [6.45, 7) is 0.